The number of anilines is 1. The lowest BCUT2D eigenvalue weighted by Gasteiger charge is -2.34. The number of nitrogens with zero attached hydrogens (tertiary/aromatic N) is 1. The van der Waals surface area contributed by atoms with Gasteiger partial charge in [0, 0.05) is 30.7 Å². The fourth-order valence-electron chi connectivity index (χ4n) is 3.87. The second-order valence-corrected chi connectivity index (χ2v) is 6.04. The van der Waals surface area contributed by atoms with E-state index < -0.39 is 0 Å². The van der Waals surface area contributed by atoms with Crippen molar-refractivity contribution < 1.29 is 0 Å². The van der Waals surface area contributed by atoms with Crippen LogP contribution in [-0.2, 0) is 6.42 Å². The summed E-state index contributed by atoms with van der Waals surface area (Å²) in [6.45, 7) is 3.63. The predicted molar refractivity (Wildman–Crippen MR) is 77.2 cm³/mol. The molecule has 0 unspecified atom stereocenters. The molecule has 0 bridgehead atoms. The summed E-state index contributed by atoms with van der Waals surface area (Å²) in [6.07, 6.45) is 6.85. The minimum atomic E-state index is 0.520. The second kappa shape index (κ2) is 4.93. The van der Waals surface area contributed by atoms with Gasteiger partial charge in [-0.3, -0.25) is 0 Å². The predicted octanol–water partition coefficient (Wildman–Crippen LogP) is 2.83. The van der Waals surface area contributed by atoms with Gasteiger partial charge in [-0.15, -0.1) is 0 Å². The van der Waals surface area contributed by atoms with Crippen LogP contribution in [0.5, 0.6) is 0 Å². The van der Waals surface area contributed by atoms with Crippen LogP contribution in [0.2, 0.25) is 0 Å². The van der Waals surface area contributed by atoms with Crippen LogP contribution in [0.1, 0.15) is 31.2 Å². The van der Waals surface area contributed by atoms with Crippen molar-refractivity contribution in [1.82, 2.24) is 5.32 Å². The highest BCUT2D eigenvalue weighted by molar-refractivity contribution is 5.58. The van der Waals surface area contributed by atoms with Gasteiger partial charge in [0.05, 0.1) is 0 Å². The van der Waals surface area contributed by atoms with E-state index in [1.165, 1.54) is 63.0 Å². The Balaban J connectivity index is 1.77. The largest absolute Gasteiger partial charge is 0.370 e. The van der Waals surface area contributed by atoms with Gasteiger partial charge in [0.25, 0.3) is 0 Å². The van der Waals surface area contributed by atoms with Crippen LogP contribution in [0.25, 0.3) is 0 Å². The van der Waals surface area contributed by atoms with E-state index in [2.05, 4.69) is 41.5 Å². The van der Waals surface area contributed by atoms with E-state index in [1.807, 2.05) is 0 Å². The van der Waals surface area contributed by atoms with Crippen molar-refractivity contribution in [1.29, 1.82) is 0 Å². The van der Waals surface area contributed by atoms with Crippen LogP contribution >= 0.6 is 0 Å². The van der Waals surface area contributed by atoms with Crippen LogP contribution in [0.3, 0.4) is 0 Å². The highest BCUT2D eigenvalue weighted by Crippen LogP contribution is 2.40. The maximum absolute atomic E-state index is 3.42. The fraction of sp³-hybridized carbons (Fsp3) is 0.625. The molecule has 3 rings (SSSR count). The molecule has 1 fully saturated rings. The van der Waals surface area contributed by atoms with Gasteiger partial charge >= 0.3 is 0 Å². The van der Waals surface area contributed by atoms with E-state index in [-0.39, 0.29) is 0 Å². The summed E-state index contributed by atoms with van der Waals surface area (Å²) in [7, 11) is 2.10. The van der Waals surface area contributed by atoms with Gasteiger partial charge in [-0.25, -0.2) is 0 Å². The summed E-state index contributed by atoms with van der Waals surface area (Å²) >= 11 is 0. The molecule has 1 N–H and O–H groups in total. The lowest BCUT2D eigenvalue weighted by Crippen LogP contribution is -2.41. The summed E-state index contributed by atoms with van der Waals surface area (Å²) in [5.74, 6) is 0. The van der Waals surface area contributed by atoms with Gasteiger partial charge in [0.15, 0.2) is 0 Å². The first-order valence-electron chi connectivity index (χ1n) is 7.30. The second-order valence-electron chi connectivity index (χ2n) is 6.04. The van der Waals surface area contributed by atoms with Crippen molar-refractivity contribution >= 4 is 5.69 Å². The van der Waals surface area contributed by atoms with Gasteiger partial charge in [-0.05, 0) is 37.9 Å². The first kappa shape index (κ1) is 12.0. The Morgan fingerprint density at radius 3 is 2.78 bits per heavy atom. The van der Waals surface area contributed by atoms with Gasteiger partial charge in [-0.2, -0.15) is 0 Å². The highest BCUT2D eigenvalue weighted by atomic mass is 15.2. The minimum Gasteiger partial charge on any atom is -0.370 e. The number of para-hydroxylation sites is 1. The Labute approximate surface area is 110 Å². The highest BCUT2D eigenvalue weighted by Gasteiger charge is 2.36. The molecule has 1 aromatic rings. The zero-order valence-corrected chi connectivity index (χ0v) is 11.4. The van der Waals surface area contributed by atoms with Crippen LogP contribution in [0.4, 0.5) is 5.69 Å². The standard InChI is InChI=1S/C16H24N2/c1-17-12-16(9-4-5-10-16)13-18-11-8-14-6-2-3-7-15(14)18/h2-3,6-7,17H,4-5,8-13H2,1H3. The Hall–Kier alpha value is -1.02. The number of nitrogens with one attached hydrogen (secondary N) is 1. The molecule has 2 aliphatic rings. The fourth-order valence-corrected chi connectivity index (χ4v) is 3.87. The lowest BCUT2D eigenvalue weighted by molar-refractivity contribution is 0.292. The van der Waals surface area contributed by atoms with Crippen LogP contribution in [0, 0.1) is 5.41 Å². The summed E-state index contributed by atoms with van der Waals surface area (Å²) in [5.41, 5.74) is 3.54. The number of benzene rings is 1. The van der Waals surface area contributed by atoms with Crippen LogP contribution in [0.15, 0.2) is 24.3 Å². The average Bonchev–Trinajstić information content (AvgIpc) is 2.99. The van der Waals surface area contributed by atoms with Crippen LogP contribution < -0.4 is 10.2 Å². The summed E-state index contributed by atoms with van der Waals surface area (Å²) in [4.78, 5) is 2.62. The maximum Gasteiger partial charge on any atom is 0.0399 e. The monoisotopic (exact) mass is 244 g/mol. The van der Waals surface area contributed by atoms with E-state index in [0.717, 1.165) is 0 Å². The molecular weight excluding hydrogens is 220 g/mol. The van der Waals surface area contributed by atoms with Crippen molar-refractivity contribution in [3.63, 3.8) is 0 Å². The Morgan fingerprint density at radius 1 is 1.22 bits per heavy atom. The quantitative estimate of drug-likeness (QED) is 0.876. The third-order valence-electron chi connectivity index (χ3n) is 4.73. The van der Waals surface area contributed by atoms with Gasteiger partial charge in [-0.1, -0.05) is 31.0 Å². The SMILES string of the molecule is CNCC1(CN2CCc3ccccc32)CCCC1. The Bertz CT molecular complexity index is 407. The van der Waals surface area contributed by atoms with Gasteiger partial charge in [0.1, 0.15) is 0 Å². The molecule has 98 valence electrons. The van der Waals surface area contributed by atoms with E-state index in [9.17, 15) is 0 Å². The lowest BCUT2D eigenvalue weighted by atomic mass is 9.85. The zero-order chi connectivity index (χ0) is 12.4. The molecule has 2 nitrogen and oxygen atoms in total. The molecule has 1 aliphatic heterocycles. The molecular formula is C16H24N2. The number of fused-ring (bicyclic) bond motifs is 1. The summed E-state index contributed by atoms with van der Waals surface area (Å²) in [6, 6.07) is 8.93. The van der Waals surface area contributed by atoms with E-state index in [4.69, 9.17) is 0 Å². The van der Waals surface area contributed by atoms with Crippen molar-refractivity contribution in [3.8, 4) is 0 Å². The Kier molecular flexibility index (Phi) is 3.29. The number of hydrogen-bond acceptors (Lipinski definition) is 2. The minimum absolute atomic E-state index is 0.520. The number of hydrogen-bond donors (Lipinski definition) is 1. The van der Waals surface area contributed by atoms with E-state index in [0.29, 0.717) is 5.41 Å². The normalized spacial score (nSPS) is 21.3. The van der Waals surface area contributed by atoms with E-state index in [1.54, 1.807) is 0 Å². The topological polar surface area (TPSA) is 15.3 Å². The smallest absolute Gasteiger partial charge is 0.0399 e. The third-order valence-corrected chi connectivity index (χ3v) is 4.73. The van der Waals surface area contributed by atoms with Gasteiger partial charge < -0.3 is 10.2 Å². The molecule has 0 spiro atoms. The maximum atomic E-state index is 3.42. The molecule has 0 aromatic heterocycles. The molecule has 1 aromatic carbocycles. The van der Waals surface area contributed by atoms with Crippen molar-refractivity contribution in [2.75, 3.05) is 31.6 Å². The van der Waals surface area contributed by atoms with Crippen molar-refractivity contribution in [2.45, 2.75) is 32.1 Å². The van der Waals surface area contributed by atoms with E-state index >= 15 is 0 Å². The molecule has 0 saturated heterocycles. The van der Waals surface area contributed by atoms with Gasteiger partial charge in [0.2, 0.25) is 0 Å². The molecule has 0 atom stereocenters. The first-order chi connectivity index (χ1) is 8.83. The molecule has 0 radical (unpaired) electrons. The molecule has 1 heterocycles. The molecule has 18 heavy (non-hydrogen) atoms. The third kappa shape index (κ3) is 2.14. The summed E-state index contributed by atoms with van der Waals surface area (Å²) in [5, 5.41) is 3.42. The first-order valence-corrected chi connectivity index (χ1v) is 7.30. The molecule has 1 saturated carbocycles. The summed E-state index contributed by atoms with van der Waals surface area (Å²) < 4.78 is 0. The van der Waals surface area contributed by atoms with Crippen molar-refractivity contribution in [2.24, 2.45) is 5.41 Å². The van der Waals surface area contributed by atoms with Crippen LogP contribution in [-0.4, -0.2) is 26.7 Å². The van der Waals surface area contributed by atoms with Crippen molar-refractivity contribution in [3.05, 3.63) is 29.8 Å². The molecule has 2 heteroatoms. The molecule has 0 amide bonds. The Morgan fingerprint density at radius 2 is 2.00 bits per heavy atom. The average molecular weight is 244 g/mol. The zero-order valence-electron chi connectivity index (χ0n) is 11.4. The number of rotatable bonds is 4. The molecule has 1 aliphatic carbocycles.